The van der Waals surface area contributed by atoms with Crippen molar-refractivity contribution in [2.24, 2.45) is 28.6 Å². The lowest BCUT2D eigenvalue weighted by Gasteiger charge is -2.57. The van der Waals surface area contributed by atoms with E-state index in [9.17, 15) is 9.90 Å². The maximum atomic E-state index is 13.4. The molecule has 3 heteroatoms. The molecule has 0 amide bonds. The smallest absolute Gasteiger partial charge is 0.162 e. The van der Waals surface area contributed by atoms with E-state index in [4.69, 9.17) is 6.57 Å². The first-order valence-electron chi connectivity index (χ1n) is 9.81. The van der Waals surface area contributed by atoms with Crippen LogP contribution < -0.4 is 0 Å². The van der Waals surface area contributed by atoms with Crippen molar-refractivity contribution in [3.63, 3.8) is 0 Å². The summed E-state index contributed by atoms with van der Waals surface area (Å²) in [6.07, 6.45) is 8.24. The summed E-state index contributed by atoms with van der Waals surface area (Å²) in [5, 5.41) is 10.0. The van der Waals surface area contributed by atoms with Crippen molar-refractivity contribution in [1.29, 1.82) is 0 Å². The molecule has 6 atom stereocenters. The summed E-state index contributed by atoms with van der Waals surface area (Å²) in [5.41, 5.74) is 3.25. The second-order valence-electron chi connectivity index (χ2n) is 9.28. The highest BCUT2D eigenvalue weighted by Gasteiger charge is 2.60. The van der Waals surface area contributed by atoms with Crippen molar-refractivity contribution in [3.8, 4) is 0 Å². The summed E-state index contributed by atoms with van der Waals surface area (Å²) in [4.78, 5) is 17.1. The molecule has 134 valence electrons. The van der Waals surface area contributed by atoms with E-state index in [1.165, 1.54) is 11.1 Å². The molecular formula is C22H29NO2. The molecule has 3 nitrogen and oxygen atoms in total. The Morgan fingerprint density at radius 3 is 2.72 bits per heavy atom. The molecular weight excluding hydrogens is 310 g/mol. The molecule has 4 rings (SSSR count). The van der Waals surface area contributed by atoms with Gasteiger partial charge in [0, 0.05) is 12.3 Å². The average molecular weight is 339 g/mol. The molecule has 0 saturated heterocycles. The molecule has 0 radical (unpaired) electrons. The van der Waals surface area contributed by atoms with E-state index in [1.54, 1.807) is 0 Å². The van der Waals surface area contributed by atoms with Crippen molar-refractivity contribution in [1.82, 2.24) is 0 Å². The molecule has 0 unspecified atom stereocenters. The predicted octanol–water partition coefficient (Wildman–Crippen LogP) is 4.68. The summed E-state index contributed by atoms with van der Waals surface area (Å²) >= 11 is 0. The Kier molecular flexibility index (Phi) is 3.78. The van der Waals surface area contributed by atoms with E-state index in [-0.39, 0.29) is 22.9 Å². The van der Waals surface area contributed by atoms with Crippen molar-refractivity contribution in [2.75, 3.05) is 0 Å². The Balaban J connectivity index is 1.76. The molecule has 1 N–H and O–H groups in total. The van der Waals surface area contributed by atoms with E-state index in [0.29, 0.717) is 24.0 Å². The zero-order valence-electron chi connectivity index (χ0n) is 15.6. The van der Waals surface area contributed by atoms with Crippen molar-refractivity contribution >= 4 is 5.78 Å². The third-order valence-corrected chi connectivity index (χ3v) is 8.17. The molecule has 0 heterocycles. The number of aliphatic hydroxyl groups excluding tert-OH is 1. The largest absolute Gasteiger partial charge is 0.389 e. The monoisotopic (exact) mass is 339 g/mol. The minimum Gasteiger partial charge on any atom is -0.389 e. The number of nitrogens with zero attached hydrogens (tertiary/aromatic N) is 1. The van der Waals surface area contributed by atoms with Gasteiger partial charge in [-0.15, -0.1) is 0 Å². The van der Waals surface area contributed by atoms with Crippen LogP contribution in [-0.4, -0.2) is 17.0 Å². The second-order valence-corrected chi connectivity index (χ2v) is 9.28. The molecule has 3 fully saturated rings. The van der Waals surface area contributed by atoms with Gasteiger partial charge in [-0.2, -0.15) is 0 Å². The first-order chi connectivity index (χ1) is 11.8. The molecule has 4 aliphatic rings. The highest BCUT2D eigenvalue weighted by molar-refractivity contribution is 5.85. The first kappa shape index (κ1) is 17.0. The number of rotatable bonds is 0. The van der Waals surface area contributed by atoms with Gasteiger partial charge in [0.15, 0.2) is 5.70 Å². The molecule has 0 bridgehead atoms. The van der Waals surface area contributed by atoms with Gasteiger partial charge in [0.1, 0.15) is 5.78 Å². The van der Waals surface area contributed by atoms with Crippen LogP contribution in [0.25, 0.3) is 4.85 Å². The highest BCUT2D eigenvalue weighted by atomic mass is 16.3. The van der Waals surface area contributed by atoms with Gasteiger partial charge in [-0.05, 0) is 68.1 Å². The lowest BCUT2D eigenvalue weighted by molar-refractivity contribution is -0.142. The molecule has 0 aromatic carbocycles. The maximum absolute atomic E-state index is 13.4. The van der Waals surface area contributed by atoms with E-state index in [2.05, 4.69) is 18.7 Å². The number of hydrogen-bond donors (Lipinski definition) is 1. The van der Waals surface area contributed by atoms with Crippen LogP contribution in [0, 0.1) is 35.2 Å². The van der Waals surface area contributed by atoms with E-state index in [1.807, 2.05) is 13.0 Å². The van der Waals surface area contributed by atoms with Crippen molar-refractivity contribution < 1.29 is 9.90 Å². The van der Waals surface area contributed by atoms with Crippen molar-refractivity contribution in [3.05, 3.63) is 34.3 Å². The summed E-state index contributed by atoms with van der Waals surface area (Å²) in [7, 11) is 0. The Morgan fingerprint density at radius 1 is 1.24 bits per heavy atom. The lowest BCUT2D eigenvalue weighted by Crippen LogP contribution is -2.54. The van der Waals surface area contributed by atoms with Crippen molar-refractivity contribution in [2.45, 2.75) is 71.8 Å². The Labute approximate surface area is 151 Å². The molecule has 25 heavy (non-hydrogen) atoms. The maximum Gasteiger partial charge on any atom is 0.162 e. The molecule has 0 aliphatic heterocycles. The number of aliphatic hydroxyl groups is 1. The van der Waals surface area contributed by atoms with Gasteiger partial charge in [0.25, 0.3) is 0 Å². The summed E-state index contributed by atoms with van der Waals surface area (Å²) in [5.74, 6) is 1.50. The Morgan fingerprint density at radius 2 is 2.00 bits per heavy atom. The van der Waals surface area contributed by atoms with E-state index in [0.717, 1.165) is 44.2 Å². The van der Waals surface area contributed by atoms with Crippen LogP contribution in [0.4, 0.5) is 0 Å². The van der Waals surface area contributed by atoms with Gasteiger partial charge < -0.3 is 5.11 Å². The number of allylic oxidation sites excluding steroid dienone is 3. The normalized spacial score (nSPS) is 48.0. The van der Waals surface area contributed by atoms with Gasteiger partial charge in [-0.3, -0.25) is 4.79 Å². The van der Waals surface area contributed by atoms with E-state index >= 15 is 0 Å². The fraction of sp³-hybridized carbons (Fsp3) is 0.727. The molecule has 0 spiro atoms. The van der Waals surface area contributed by atoms with Gasteiger partial charge in [0.05, 0.1) is 12.7 Å². The van der Waals surface area contributed by atoms with Crippen LogP contribution >= 0.6 is 0 Å². The van der Waals surface area contributed by atoms with Crippen LogP contribution in [0.3, 0.4) is 0 Å². The summed E-state index contributed by atoms with van der Waals surface area (Å²) in [6.45, 7) is 13.9. The molecule has 3 saturated carbocycles. The minimum absolute atomic E-state index is 0.0537. The third kappa shape index (κ3) is 2.23. The van der Waals surface area contributed by atoms with E-state index < -0.39 is 0 Å². The standard InChI is InChI=1S/C22H29NO2/c1-13(23-4)17-7-8-18-16-6-5-14-11-15(24)9-10-21(14,2)20(16)19(25)12-22(17,18)3/h11,15-16,18,20,24H,5-10,12H2,1-3H3/b17-13-/t15-,16+,18+,20-,21+,22-/m1/s1. The molecule has 0 aromatic heterocycles. The SMILES string of the molecule is [C-]#[N+]/C(C)=C1/CC[C@H]2[C@@H]3CCC4=C[C@H](O)CC[C@]4(C)[C@H]3C(=O)C[C@]12C. The minimum atomic E-state index is -0.328. The Bertz CT molecular complexity index is 727. The Hall–Kier alpha value is -1.40. The summed E-state index contributed by atoms with van der Waals surface area (Å²) in [6, 6.07) is 0. The molecule has 4 aliphatic carbocycles. The first-order valence-corrected chi connectivity index (χ1v) is 9.81. The second kappa shape index (κ2) is 5.55. The zero-order chi connectivity index (χ0) is 18.0. The third-order valence-electron chi connectivity index (χ3n) is 8.17. The fourth-order valence-electron chi connectivity index (χ4n) is 7.01. The molecule has 0 aromatic rings. The van der Waals surface area contributed by atoms with Crippen LogP contribution in [0.15, 0.2) is 22.9 Å². The predicted molar refractivity (Wildman–Crippen MR) is 97.4 cm³/mol. The topological polar surface area (TPSA) is 41.7 Å². The quantitative estimate of drug-likeness (QED) is 0.514. The van der Waals surface area contributed by atoms with Crippen LogP contribution in [0.1, 0.15) is 65.7 Å². The number of ketones is 1. The fourth-order valence-corrected chi connectivity index (χ4v) is 7.01. The average Bonchev–Trinajstić information content (AvgIpc) is 2.91. The van der Waals surface area contributed by atoms with Crippen LogP contribution in [-0.2, 0) is 4.79 Å². The highest BCUT2D eigenvalue weighted by Crippen LogP contribution is 2.65. The number of carbonyl (C=O) groups excluding carboxylic acids is 1. The van der Waals surface area contributed by atoms with Gasteiger partial charge >= 0.3 is 0 Å². The number of Topliss-reactive ketones (excluding diaryl/α,β-unsaturated/α-hetero) is 1. The summed E-state index contributed by atoms with van der Waals surface area (Å²) < 4.78 is 0. The zero-order valence-corrected chi connectivity index (χ0v) is 15.6. The van der Waals surface area contributed by atoms with Gasteiger partial charge in [-0.25, -0.2) is 4.85 Å². The lowest BCUT2D eigenvalue weighted by atomic mass is 9.47. The van der Waals surface area contributed by atoms with Crippen LogP contribution in [0.2, 0.25) is 0 Å². The van der Waals surface area contributed by atoms with Gasteiger partial charge in [-0.1, -0.05) is 31.1 Å². The number of fused-ring (bicyclic) bond motifs is 5. The van der Waals surface area contributed by atoms with Gasteiger partial charge in [0.2, 0.25) is 0 Å². The van der Waals surface area contributed by atoms with Crippen LogP contribution in [0.5, 0.6) is 0 Å². The number of hydrogen-bond acceptors (Lipinski definition) is 2. The number of carbonyl (C=O) groups is 1.